The number of primary amides is 1. The number of nitrogens with zero attached hydrogens (tertiary/aromatic N) is 9. The fraction of sp³-hybridized carbons (Fsp3) is 0.571. The molecule has 3 fully saturated rings. The second-order valence-electron chi connectivity index (χ2n) is 23.4. The molecule has 0 saturated carbocycles. The molecule has 6 amide bonds. The van der Waals surface area contributed by atoms with E-state index in [4.69, 9.17) is 83.0 Å². The van der Waals surface area contributed by atoms with Gasteiger partial charge in [0.15, 0.2) is 47.3 Å². The summed E-state index contributed by atoms with van der Waals surface area (Å²) in [7, 11) is 1.45. The fourth-order valence-electron chi connectivity index (χ4n) is 10.7. The minimum atomic E-state index is -4.45. The van der Waals surface area contributed by atoms with Gasteiger partial charge >= 0.3 is 37.5 Å². The largest absolute Gasteiger partial charge is 0.481 e. The molecule has 5 aromatic rings. The Balaban J connectivity index is 0.844. The highest BCUT2D eigenvalue weighted by molar-refractivity contribution is 8.07. The molecule has 3 aliphatic rings. The SMILES string of the molecule is CC(CC(=O)O)C(=O)NCCCCCC(=O)N[C@H](C(=O)C[C@@H](CCCNC(N)=O)C(=O)Nc1ccc(COC(=O)N(C)CCCC(=O)O[C@@H]2[C@@H]3OP(O)(=S)OC[C@H]4O[C@@H](n5cnc6c(N)ncnc65)[C@H](OP(O)(=S)OC[C@H]3O[C@H]2n2cnc3c(N)ncnc32)[C@@H]4O)cc1)C(C)C. The number of fused-ring (bicyclic) bond motifs is 5. The number of carboxylic acids is 1. The first-order valence-corrected chi connectivity index (χ1v) is 35.7. The number of carboxylic acid groups (broad SMARTS) is 1. The Morgan fingerprint density at radius 3 is 1.98 bits per heavy atom. The standard InChI is InChI=1S/C56H78N16O20P2S2/c1-29(2)40(69-37(74)11-6-5-7-17-60-51(79)30(3)20-38(75)76)34(73)21-32(10-8-18-61-55(59)81)52(80)68-33-15-13-31(14-16-33)22-85-56(82)70(4)19-9-12-39(77)90-46-44-36(89-54(46)72-28-67-42-48(58)63-26-65-50(42)72)24-87-94(84,96)92-45-43(78)35(23-86-93(83,95)91-44)88-53(45)71-27-66-41-47(57)62-25-64-49(41)71/h13-16,25-30,32,35-36,40,43-46,53-54,78H,5-12,17-24H2,1-4H3,(H,60,79)(H,68,80)(H,69,74)(H,75,76)(H,83,95)(H,84,96)(H2,57,62,64)(H2,58,63,65)(H3,59,61,81)/t30?,32-,35-,36-,40+,43-,44-,45-,46-,53-,54-,93?,94?/m1/s1. The first-order chi connectivity index (χ1) is 45.6. The number of hydrogen-bond acceptors (Lipinski definition) is 27. The van der Waals surface area contributed by atoms with E-state index in [1.54, 1.807) is 38.1 Å². The Kier molecular flexibility index (Phi) is 26.0. The van der Waals surface area contributed by atoms with Crippen LogP contribution in [0, 0.1) is 17.8 Å². The number of benzene rings is 1. The zero-order valence-corrected chi connectivity index (χ0v) is 56.1. The molecule has 2 bridgehead atoms. The number of ketones is 1. The number of aliphatic hydroxyl groups excluding tert-OH is 1. The van der Waals surface area contributed by atoms with E-state index in [0.717, 1.165) is 0 Å². The first kappa shape index (κ1) is 74.2. The Hall–Kier alpha value is -7.58. The number of aromatic nitrogens is 8. The molecule has 96 heavy (non-hydrogen) atoms. The van der Waals surface area contributed by atoms with E-state index in [1.807, 2.05) is 0 Å². The number of urea groups is 1. The number of amides is 6. The van der Waals surface area contributed by atoms with Gasteiger partial charge in [-0.2, -0.15) is 0 Å². The number of nitrogens with one attached hydrogen (secondary N) is 4. The number of imidazole rings is 2. The summed E-state index contributed by atoms with van der Waals surface area (Å²) < 4.78 is 50.6. The van der Waals surface area contributed by atoms with Crippen LogP contribution in [-0.2, 0) is 96.0 Å². The van der Waals surface area contributed by atoms with E-state index in [1.165, 1.54) is 53.3 Å². The molecular weight excluding hydrogens is 1340 g/mol. The number of Topliss-reactive ketones (excluding diaryl/α,β-unsaturated/α-hetero) is 1. The van der Waals surface area contributed by atoms with Crippen molar-refractivity contribution < 1.29 is 95.4 Å². The Morgan fingerprint density at radius 1 is 0.750 bits per heavy atom. The van der Waals surface area contributed by atoms with Crippen LogP contribution in [0.5, 0.6) is 0 Å². The summed E-state index contributed by atoms with van der Waals surface area (Å²) in [5.74, 6) is -5.36. The first-order valence-electron chi connectivity index (χ1n) is 30.6. The molecule has 36 nitrogen and oxygen atoms in total. The molecule has 14 N–H and O–H groups in total. The number of anilines is 3. The van der Waals surface area contributed by atoms with E-state index >= 15 is 0 Å². The number of esters is 1. The highest BCUT2D eigenvalue weighted by Gasteiger charge is 2.54. The number of ether oxygens (including phenoxy) is 4. The molecule has 0 spiro atoms. The van der Waals surface area contributed by atoms with E-state index in [2.05, 4.69) is 51.2 Å². The van der Waals surface area contributed by atoms with Gasteiger partial charge in [0.25, 0.3) is 0 Å². The van der Waals surface area contributed by atoms with Crippen LogP contribution in [0.3, 0.4) is 0 Å². The lowest BCUT2D eigenvalue weighted by molar-refractivity contribution is -0.158. The second-order valence-corrected chi connectivity index (χ2v) is 28.9. The lowest BCUT2D eigenvalue weighted by Gasteiger charge is -2.29. The van der Waals surface area contributed by atoms with Crippen LogP contribution >= 0.6 is 13.4 Å². The number of rotatable bonds is 29. The summed E-state index contributed by atoms with van der Waals surface area (Å²) in [5, 5.41) is 31.3. The number of unbranched alkanes of at least 4 members (excludes halogenated alkanes) is 2. The highest BCUT2D eigenvalue weighted by atomic mass is 32.5. The normalized spacial score (nSPS) is 24.5. The van der Waals surface area contributed by atoms with Crippen LogP contribution in [0.2, 0.25) is 0 Å². The van der Waals surface area contributed by atoms with Crippen molar-refractivity contribution >= 4 is 124 Å². The number of aliphatic hydroxyl groups is 1. The number of carbonyl (C=O) groups excluding carboxylic acids is 7. The van der Waals surface area contributed by atoms with Crippen molar-refractivity contribution in [1.82, 2.24) is 59.9 Å². The molecule has 0 radical (unpaired) electrons. The number of hydrogen-bond donors (Lipinski definition) is 11. The maximum atomic E-state index is 13.9. The number of carbonyl (C=O) groups is 8. The van der Waals surface area contributed by atoms with Gasteiger partial charge in [0.2, 0.25) is 17.7 Å². The molecule has 40 heteroatoms. The fourth-order valence-corrected chi connectivity index (χ4v) is 13.6. The van der Waals surface area contributed by atoms with Gasteiger partial charge in [0, 0.05) is 63.5 Å². The quantitative estimate of drug-likeness (QED) is 0.0185. The minimum absolute atomic E-state index is 0.00535. The summed E-state index contributed by atoms with van der Waals surface area (Å²) >= 11 is 11.0. The van der Waals surface area contributed by atoms with Crippen LogP contribution in [0.25, 0.3) is 22.3 Å². The van der Waals surface area contributed by atoms with Crippen LogP contribution in [0.15, 0.2) is 49.6 Å². The van der Waals surface area contributed by atoms with E-state index in [0.29, 0.717) is 43.5 Å². The third-order valence-corrected chi connectivity index (χ3v) is 18.9. The van der Waals surface area contributed by atoms with Gasteiger partial charge in [-0.15, -0.1) is 0 Å². The molecule has 7 heterocycles. The third-order valence-electron chi connectivity index (χ3n) is 15.8. The molecule has 13 atom stereocenters. The van der Waals surface area contributed by atoms with Crippen molar-refractivity contribution in [3.05, 3.63) is 55.1 Å². The Bertz CT molecular complexity index is 3710. The molecule has 3 aliphatic heterocycles. The molecule has 1 aromatic carbocycles. The summed E-state index contributed by atoms with van der Waals surface area (Å²) in [4.78, 5) is 152. The van der Waals surface area contributed by atoms with Gasteiger partial charge in [0.1, 0.15) is 60.8 Å². The van der Waals surface area contributed by atoms with Crippen molar-refractivity contribution in [2.24, 2.45) is 23.5 Å². The van der Waals surface area contributed by atoms with Crippen LogP contribution in [0.1, 0.15) is 103 Å². The van der Waals surface area contributed by atoms with Crippen molar-refractivity contribution in [2.45, 2.75) is 147 Å². The van der Waals surface area contributed by atoms with Gasteiger partial charge < -0.3 is 91.4 Å². The van der Waals surface area contributed by atoms with Gasteiger partial charge in [-0.25, -0.2) is 39.5 Å². The van der Waals surface area contributed by atoms with Crippen LogP contribution in [0.4, 0.5) is 26.9 Å². The van der Waals surface area contributed by atoms with E-state index < -0.39 is 124 Å². The summed E-state index contributed by atoms with van der Waals surface area (Å²) in [6, 6.07) is 4.71. The van der Waals surface area contributed by atoms with Crippen LogP contribution < -0.4 is 38.5 Å². The van der Waals surface area contributed by atoms with E-state index in [-0.39, 0.29) is 116 Å². The lowest BCUT2D eigenvalue weighted by atomic mass is 9.89. The van der Waals surface area contributed by atoms with Crippen LogP contribution in [-0.4, -0.2) is 194 Å². The maximum Gasteiger partial charge on any atom is 0.409 e. The zero-order chi connectivity index (χ0) is 69.6. The van der Waals surface area contributed by atoms with Gasteiger partial charge in [-0.3, -0.25) is 46.9 Å². The van der Waals surface area contributed by atoms with E-state index in [9.17, 15) is 53.2 Å². The Labute approximate surface area is 559 Å². The number of nitrogens with two attached hydrogens (primary N) is 3. The predicted molar refractivity (Wildman–Crippen MR) is 345 cm³/mol. The van der Waals surface area contributed by atoms with Gasteiger partial charge in [-0.05, 0) is 79.3 Å². The molecule has 0 aliphatic carbocycles. The monoisotopic (exact) mass is 1420 g/mol. The molecule has 3 saturated heterocycles. The summed E-state index contributed by atoms with van der Waals surface area (Å²) in [6.45, 7) is -4.81. The molecular formula is C56H78N16O20P2S2. The van der Waals surface area contributed by atoms with Gasteiger partial charge in [-0.1, -0.05) is 39.3 Å². The van der Waals surface area contributed by atoms with Crippen molar-refractivity contribution in [3.8, 4) is 0 Å². The average Bonchev–Trinajstić information content (AvgIpc) is 1.61. The topological polar surface area (TPSA) is 508 Å². The molecule has 8 rings (SSSR count). The summed E-state index contributed by atoms with van der Waals surface area (Å²) in [5.41, 5.74) is 18.9. The molecule has 524 valence electrons. The molecule has 3 unspecified atom stereocenters. The smallest absolute Gasteiger partial charge is 0.409 e. The van der Waals surface area contributed by atoms with Crippen molar-refractivity contribution in [3.63, 3.8) is 0 Å². The summed E-state index contributed by atoms with van der Waals surface area (Å²) in [6.07, 6.45) is -5.89. The highest BCUT2D eigenvalue weighted by Crippen LogP contribution is 2.54. The predicted octanol–water partition coefficient (Wildman–Crippen LogP) is 2.09. The Morgan fingerprint density at radius 2 is 1.35 bits per heavy atom. The van der Waals surface area contributed by atoms with Gasteiger partial charge in [0.05, 0.1) is 38.3 Å². The second kappa shape index (κ2) is 33.6. The molecule has 4 aromatic heterocycles. The average molecular weight is 1420 g/mol. The number of aliphatic carboxylic acids is 1. The van der Waals surface area contributed by atoms with Crippen molar-refractivity contribution in [1.29, 1.82) is 0 Å². The number of nitrogen functional groups attached to an aromatic ring is 2. The minimum Gasteiger partial charge on any atom is -0.481 e. The van der Waals surface area contributed by atoms with Crippen molar-refractivity contribution in [2.75, 3.05) is 56.7 Å². The maximum absolute atomic E-state index is 13.9. The third kappa shape index (κ3) is 20.0. The zero-order valence-electron chi connectivity index (χ0n) is 52.6. The lowest BCUT2D eigenvalue weighted by Crippen LogP contribution is -2.45.